The highest BCUT2D eigenvalue weighted by atomic mass is 35.5. The molecule has 0 bridgehead atoms. The number of benzene rings is 1. The lowest BCUT2D eigenvalue weighted by atomic mass is 10.1. The van der Waals surface area contributed by atoms with Gasteiger partial charge in [0.05, 0.1) is 19.2 Å². The van der Waals surface area contributed by atoms with Gasteiger partial charge in [0.25, 0.3) is 0 Å². The largest absolute Gasteiger partial charge is 0.493 e. The van der Waals surface area contributed by atoms with E-state index in [2.05, 4.69) is 9.80 Å². The summed E-state index contributed by atoms with van der Waals surface area (Å²) in [6.45, 7) is 7.15. The van der Waals surface area contributed by atoms with Crippen molar-refractivity contribution in [2.24, 2.45) is 0 Å². The maximum atomic E-state index is 6.31. The van der Waals surface area contributed by atoms with Crippen LogP contribution in [0.4, 0.5) is 0 Å². The van der Waals surface area contributed by atoms with Gasteiger partial charge in [-0.1, -0.05) is 11.6 Å². The molecule has 0 amide bonds. The number of methoxy groups -OCH3 is 2. The highest BCUT2D eigenvalue weighted by Crippen LogP contribution is 2.36. The number of halogens is 1. The van der Waals surface area contributed by atoms with Crippen molar-refractivity contribution in [3.63, 3.8) is 0 Å². The Morgan fingerprint density at radius 3 is 2.42 bits per heavy atom. The monoisotopic (exact) mass is 354 g/mol. The van der Waals surface area contributed by atoms with Crippen molar-refractivity contribution < 1.29 is 14.2 Å². The summed E-state index contributed by atoms with van der Waals surface area (Å²) < 4.78 is 16.2. The molecule has 2 aliphatic heterocycles. The molecule has 0 atom stereocenters. The van der Waals surface area contributed by atoms with E-state index < -0.39 is 0 Å². The van der Waals surface area contributed by atoms with Gasteiger partial charge in [-0.2, -0.15) is 0 Å². The number of hydrogen-bond acceptors (Lipinski definition) is 5. The molecule has 2 saturated heterocycles. The first-order valence-corrected chi connectivity index (χ1v) is 9.03. The highest BCUT2D eigenvalue weighted by molar-refractivity contribution is 6.32. The molecule has 0 aliphatic carbocycles. The van der Waals surface area contributed by atoms with Gasteiger partial charge in [-0.05, 0) is 30.5 Å². The van der Waals surface area contributed by atoms with Crippen molar-refractivity contribution in [2.75, 3.05) is 53.6 Å². The Hall–Kier alpha value is -1.01. The zero-order valence-corrected chi connectivity index (χ0v) is 15.3. The van der Waals surface area contributed by atoms with Crippen molar-refractivity contribution >= 4 is 11.6 Å². The third kappa shape index (κ3) is 4.14. The molecule has 2 fully saturated rings. The van der Waals surface area contributed by atoms with Gasteiger partial charge >= 0.3 is 0 Å². The fourth-order valence-corrected chi connectivity index (χ4v) is 3.97. The minimum atomic E-state index is 0.604. The smallest absolute Gasteiger partial charge is 0.179 e. The van der Waals surface area contributed by atoms with E-state index in [9.17, 15) is 0 Å². The molecule has 0 N–H and O–H groups in total. The fraction of sp³-hybridized carbons (Fsp3) is 0.667. The lowest BCUT2D eigenvalue weighted by Crippen LogP contribution is -2.51. The maximum absolute atomic E-state index is 6.31. The quantitative estimate of drug-likeness (QED) is 0.812. The van der Waals surface area contributed by atoms with Gasteiger partial charge in [0.15, 0.2) is 11.5 Å². The van der Waals surface area contributed by atoms with E-state index in [0.717, 1.165) is 51.5 Å². The molecule has 5 nitrogen and oxygen atoms in total. The molecule has 2 aliphatic rings. The van der Waals surface area contributed by atoms with Crippen LogP contribution in [0.25, 0.3) is 0 Å². The van der Waals surface area contributed by atoms with Crippen LogP contribution < -0.4 is 9.47 Å². The van der Waals surface area contributed by atoms with Crippen molar-refractivity contribution in [3.05, 3.63) is 22.7 Å². The zero-order valence-electron chi connectivity index (χ0n) is 14.6. The van der Waals surface area contributed by atoms with Crippen LogP contribution in [0.3, 0.4) is 0 Å². The third-order valence-corrected chi connectivity index (χ3v) is 5.29. The van der Waals surface area contributed by atoms with Gasteiger partial charge in [-0.3, -0.25) is 9.80 Å². The predicted octanol–water partition coefficient (Wildman–Crippen LogP) is 2.65. The summed E-state index contributed by atoms with van der Waals surface area (Å²) in [4.78, 5) is 5.11. The van der Waals surface area contributed by atoms with Gasteiger partial charge in [-0.25, -0.2) is 0 Å². The van der Waals surface area contributed by atoms with E-state index in [1.54, 1.807) is 14.2 Å². The second-order valence-electron chi connectivity index (χ2n) is 6.47. The standard InChI is InChI=1S/C18H27ClN2O3/c1-22-17-12-14(11-16(19)18(17)23-2)13-20-5-7-21(8-6-20)15-3-9-24-10-4-15/h11-12,15H,3-10,13H2,1-2H3. The SMILES string of the molecule is COc1cc(CN2CCN(C3CCOCC3)CC2)cc(Cl)c1OC. The van der Waals surface area contributed by atoms with Crippen LogP contribution in [0.5, 0.6) is 11.5 Å². The van der Waals surface area contributed by atoms with Gasteiger partial charge in [0.1, 0.15) is 0 Å². The molecule has 1 aromatic rings. The van der Waals surface area contributed by atoms with Crippen LogP contribution in [0.2, 0.25) is 5.02 Å². The third-order valence-electron chi connectivity index (χ3n) is 5.01. The Kier molecular flexibility index (Phi) is 6.22. The van der Waals surface area contributed by atoms with Crippen LogP contribution in [0.1, 0.15) is 18.4 Å². The van der Waals surface area contributed by atoms with E-state index in [0.29, 0.717) is 22.6 Å². The van der Waals surface area contributed by atoms with E-state index >= 15 is 0 Å². The minimum Gasteiger partial charge on any atom is -0.493 e. The summed E-state index contributed by atoms with van der Waals surface area (Å²) in [5.74, 6) is 1.30. The Bertz CT molecular complexity index is 541. The molecule has 24 heavy (non-hydrogen) atoms. The summed E-state index contributed by atoms with van der Waals surface area (Å²) in [7, 11) is 3.25. The average Bonchev–Trinajstić information content (AvgIpc) is 2.62. The Morgan fingerprint density at radius 2 is 1.79 bits per heavy atom. The van der Waals surface area contributed by atoms with Crippen molar-refractivity contribution in [1.82, 2.24) is 9.80 Å². The van der Waals surface area contributed by atoms with Crippen LogP contribution in [0.15, 0.2) is 12.1 Å². The molecule has 0 unspecified atom stereocenters. The molecule has 3 rings (SSSR count). The Morgan fingerprint density at radius 1 is 1.08 bits per heavy atom. The lowest BCUT2D eigenvalue weighted by Gasteiger charge is -2.40. The first kappa shape index (κ1) is 17.8. The molecule has 0 saturated carbocycles. The number of nitrogens with zero attached hydrogens (tertiary/aromatic N) is 2. The number of hydrogen-bond donors (Lipinski definition) is 0. The van der Waals surface area contributed by atoms with Gasteiger partial charge < -0.3 is 14.2 Å². The van der Waals surface area contributed by atoms with Crippen molar-refractivity contribution in [3.8, 4) is 11.5 Å². The summed E-state index contributed by atoms with van der Waals surface area (Å²) >= 11 is 6.31. The van der Waals surface area contributed by atoms with Crippen molar-refractivity contribution in [2.45, 2.75) is 25.4 Å². The van der Waals surface area contributed by atoms with Crippen LogP contribution in [-0.4, -0.2) is 69.5 Å². The maximum Gasteiger partial charge on any atom is 0.179 e. The number of piperazine rings is 1. The van der Waals surface area contributed by atoms with E-state index in [1.165, 1.54) is 12.8 Å². The summed E-state index contributed by atoms with van der Waals surface area (Å²) in [6, 6.07) is 4.71. The second-order valence-corrected chi connectivity index (χ2v) is 6.88. The second kappa shape index (κ2) is 8.39. The van der Waals surface area contributed by atoms with Crippen LogP contribution in [0, 0.1) is 0 Å². The number of ether oxygens (including phenoxy) is 3. The zero-order chi connectivity index (χ0) is 16.9. The molecule has 6 heteroatoms. The predicted molar refractivity (Wildman–Crippen MR) is 95.2 cm³/mol. The molecule has 1 aromatic carbocycles. The average molecular weight is 355 g/mol. The molecule has 0 aromatic heterocycles. The van der Waals surface area contributed by atoms with Gasteiger partial charge in [0.2, 0.25) is 0 Å². The normalized spacial score (nSPS) is 21.0. The van der Waals surface area contributed by atoms with E-state index in [-0.39, 0.29) is 0 Å². The topological polar surface area (TPSA) is 34.2 Å². The first-order valence-electron chi connectivity index (χ1n) is 8.66. The number of rotatable bonds is 5. The molecule has 0 radical (unpaired) electrons. The highest BCUT2D eigenvalue weighted by Gasteiger charge is 2.25. The Labute approximate surface area is 149 Å². The fourth-order valence-electron chi connectivity index (χ4n) is 3.66. The molecular formula is C18H27ClN2O3. The summed E-state index contributed by atoms with van der Waals surface area (Å²) in [6.07, 6.45) is 2.34. The van der Waals surface area contributed by atoms with Crippen LogP contribution >= 0.6 is 11.6 Å². The van der Waals surface area contributed by atoms with E-state index in [1.807, 2.05) is 12.1 Å². The van der Waals surface area contributed by atoms with Gasteiger partial charge in [-0.15, -0.1) is 0 Å². The first-order chi connectivity index (χ1) is 11.7. The minimum absolute atomic E-state index is 0.604. The molecular weight excluding hydrogens is 328 g/mol. The van der Waals surface area contributed by atoms with Crippen LogP contribution in [-0.2, 0) is 11.3 Å². The summed E-state index contributed by atoms with van der Waals surface area (Å²) in [5.41, 5.74) is 1.16. The molecule has 0 spiro atoms. The Balaban J connectivity index is 1.57. The van der Waals surface area contributed by atoms with Crippen molar-refractivity contribution in [1.29, 1.82) is 0 Å². The van der Waals surface area contributed by atoms with E-state index in [4.69, 9.17) is 25.8 Å². The molecule has 134 valence electrons. The van der Waals surface area contributed by atoms with Gasteiger partial charge in [0, 0.05) is 52.0 Å². The lowest BCUT2D eigenvalue weighted by molar-refractivity contribution is 0.0126. The molecule has 2 heterocycles. The summed E-state index contributed by atoms with van der Waals surface area (Å²) in [5, 5.41) is 0.604.